The molecular formula is C19H27ClN2O3. The van der Waals surface area contributed by atoms with Gasteiger partial charge in [-0.3, -0.25) is 9.59 Å². The summed E-state index contributed by atoms with van der Waals surface area (Å²) in [6, 6.07) is 7.14. The topological polar surface area (TPSA) is 58.6 Å². The number of benzene rings is 1. The monoisotopic (exact) mass is 366 g/mol. The Morgan fingerprint density at radius 2 is 2.04 bits per heavy atom. The number of halogens is 1. The molecule has 0 atom stereocenters. The molecule has 0 spiro atoms. The molecule has 1 N–H and O–H groups in total. The zero-order valence-electron chi connectivity index (χ0n) is 14.8. The molecule has 2 rings (SSSR count). The van der Waals surface area contributed by atoms with Gasteiger partial charge in [0.15, 0.2) is 0 Å². The zero-order valence-corrected chi connectivity index (χ0v) is 15.6. The van der Waals surface area contributed by atoms with Crippen molar-refractivity contribution in [1.29, 1.82) is 0 Å². The third-order valence-corrected chi connectivity index (χ3v) is 4.79. The van der Waals surface area contributed by atoms with Gasteiger partial charge in [0.05, 0.1) is 13.1 Å². The number of likely N-dealkylation sites (N-methyl/N-ethyl adjacent to an activating group) is 1. The lowest BCUT2D eigenvalue weighted by Crippen LogP contribution is -2.40. The van der Waals surface area contributed by atoms with Gasteiger partial charge in [-0.2, -0.15) is 0 Å². The third-order valence-electron chi connectivity index (χ3n) is 4.55. The summed E-state index contributed by atoms with van der Waals surface area (Å²) in [4.78, 5) is 25.6. The summed E-state index contributed by atoms with van der Waals surface area (Å²) < 4.78 is 5.57. The third kappa shape index (κ3) is 7.34. The van der Waals surface area contributed by atoms with E-state index in [2.05, 4.69) is 5.32 Å². The summed E-state index contributed by atoms with van der Waals surface area (Å²) >= 11 is 5.89. The zero-order chi connectivity index (χ0) is 18.1. The molecule has 138 valence electrons. The van der Waals surface area contributed by atoms with Crippen molar-refractivity contribution in [3.8, 4) is 5.75 Å². The molecule has 0 saturated heterocycles. The first kappa shape index (κ1) is 19.6. The van der Waals surface area contributed by atoms with Gasteiger partial charge < -0.3 is 15.0 Å². The van der Waals surface area contributed by atoms with Crippen LogP contribution >= 0.6 is 11.6 Å². The van der Waals surface area contributed by atoms with Crippen LogP contribution in [0, 0.1) is 5.92 Å². The minimum atomic E-state index is -0.119. The normalized spacial score (nSPS) is 14.8. The lowest BCUT2D eigenvalue weighted by Gasteiger charge is -2.21. The summed E-state index contributed by atoms with van der Waals surface area (Å²) in [5, 5.41) is 3.35. The van der Waals surface area contributed by atoms with Crippen LogP contribution in [0.5, 0.6) is 5.75 Å². The highest BCUT2D eigenvalue weighted by Crippen LogP contribution is 2.26. The first-order valence-electron chi connectivity index (χ1n) is 8.93. The number of nitrogens with one attached hydrogen (secondary N) is 1. The van der Waals surface area contributed by atoms with Crippen LogP contribution in [0.4, 0.5) is 0 Å². The quantitative estimate of drug-likeness (QED) is 0.768. The first-order chi connectivity index (χ1) is 12.0. The second-order valence-electron chi connectivity index (χ2n) is 6.61. The first-order valence-corrected chi connectivity index (χ1v) is 9.31. The van der Waals surface area contributed by atoms with Crippen molar-refractivity contribution in [1.82, 2.24) is 10.2 Å². The van der Waals surface area contributed by atoms with Crippen molar-refractivity contribution < 1.29 is 14.3 Å². The van der Waals surface area contributed by atoms with Crippen LogP contribution in [0.1, 0.15) is 38.5 Å². The Bertz CT molecular complexity index is 574. The average Bonchev–Trinajstić information content (AvgIpc) is 2.60. The fourth-order valence-corrected chi connectivity index (χ4v) is 3.20. The van der Waals surface area contributed by atoms with E-state index >= 15 is 0 Å². The van der Waals surface area contributed by atoms with Gasteiger partial charge in [-0.05, 0) is 37.0 Å². The molecule has 5 nitrogen and oxygen atoms in total. The van der Waals surface area contributed by atoms with E-state index in [4.69, 9.17) is 16.3 Å². The summed E-state index contributed by atoms with van der Waals surface area (Å²) in [6.07, 6.45) is 6.50. The van der Waals surface area contributed by atoms with Gasteiger partial charge in [0.1, 0.15) is 12.4 Å². The second kappa shape index (κ2) is 10.3. The number of carbonyl (C=O) groups is 2. The smallest absolute Gasteiger partial charge is 0.241 e. The molecule has 1 fully saturated rings. The van der Waals surface area contributed by atoms with Crippen LogP contribution in [-0.4, -0.2) is 43.5 Å². The van der Waals surface area contributed by atoms with Crippen molar-refractivity contribution in [3.05, 3.63) is 29.3 Å². The van der Waals surface area contributed by atoms with Crippen LogP contribution in [-0.2, 0) is 9.59 Å². The van der Waals surface area contributed by atoms with E-state index in [1.807, 2.05) is 12.1 Å². The van der Waals surface area contributed by atoms with Gasteiger partial charge in [-0.25, -0.2) is 0 Å². The highest BCUT2D eigenvalue weighted by atomic mass is 35.5. The van der Waals surface area contributed by atoms with Crippen LogP contribution in [0.2, 0.25) is 5.02 Å². The molecule has 0 radical (unpaired) electrons. The molecule has 0 heterocycles. The number of amides is 2. The Morgan fingerprint density at radius 3 is 2.76 bits per heavy atom. The van der Waals surface area contributed by atoms with E-state index in [-0.39, 0.29) is 18.4 Å². The molecule has 0 unspecified atom stereocenters. The predicted octanol–water partition coefficient (Wildman–Crippen LogP) is 3.26. The van der Waals surface area contributed by atoms with Crippen molar-refractivity contribution in [2.75, 3.05) is 26.7 Å². The minimum Gasteiger partial charge on any atom is -0.492 e. The highest BCUT2D eigenvalue weighted by molar-refractivity contribution is 6.30. The van der Waals surface area contributed by atoms with Gasteiger partial charge in [-0.15, -0.1) is 0 Å². The van der Waals surface area contributed by atoms with E-state index in [9.17, 15) is 9.59 Å². The molecule has 0 aliphatic heterocycles. The molecule has 6 heteroatoms. The van der Waals surface area contributed by atoms with Crippen LogP contribution in [0.25, 0.3) is 0 Å². The fourth-order valence-electron chi connectivity index (χ4n) is 3.02. The number of hydrogen-bond acceptors (Lipinski definition) is 3. The summed E-state index contributed by atoms with van der Waals surface area (Å²) in [5.74, 6) is 1.01. The van der Waals surface area contributed by atoms with Gasteiger partial charge >= 0.3 is 0 Å². The molecule has 0 aromatic heterocycles. The Hall–Kier alpha value is -1.75. The van der Waals surface area contributed by atoms with Crippen LogP contribution in [0.15, 0.2) is 24.3 Å². The van der Waals surface area contributed by atoms with Crippen molar-refractivity contribution in [2.45, 2.75) is 38.5 Å². The van der Waals surface area contributed by atoms with Gasteiger partial charge in [0.2, 0.25) is 11.8 Å². The lowest BCUT2D eigenvalue weighted by atomic mass is 9.87. The molecule has 1 aliphatic carbocycles. The summed E-state index contributed by atoms with van der Waals surface area (Å²) in [6.45, 7) is 0.863. The molecule has 25 heavy (non-hydrogen) atoms. The van der Waals surface area contributed by atoms with Crippen molar-refractivity contribution in [2.24, 2.45) is 5.92 Å². The average molecular weight is 367 g/mol. The Morgan fingerprint density at radius 1 is 1.28 bits per heavy atom. The number of rotatable bonds is 8. The number of nitrogens with zero attached hydrogens (tertiary/aromatic N) is 1. The largest absolute Gasteiger partial charge is 0.492 e. The Labute approximate surface area is 154 Å². The molecule has 1 aromatic carbocycles. The van der Waals surface area contributed by atoms with Crippen LogP contribution < -0.4 is 10.1 Å². The van der Waals surface area contributed by atoms with Gasteiger partial charge in [0.25, 0.3) is 0 Å². The standard InChI is InChI=1S/C19H27ClN2O3/c1-22(10-11-25-17-9-5-8-16(20)13-17)19(24)14-21-18(23)12-15-6-3-2-4-7-15/h5,8-9,13,15H,2-4,6-7,10-12,14H2,1H3,(H,21,23). The van der Waals surface area contributed by atoms with Crippen molar-refractivity contribution >= 4 is 23.4 Å². The second-order valence-corrected chi connectivity index (χ2v) is 7.04. The van der Waals surface area contributed by atoms with E-state index in [1.165, 1.54) is 19.3 Å². The van der Waals surface area contributed by atoms with Gasteiger partial charge in [0, 0.05) is 18.5 Å². The molecular weight excluding hydrogens is 340 g/mol. The molecule has 2 amide bonds. The molecule has 1 aliphatic rings. The highest BCUT2D eigenvalue weighted by Gasteiger charge is 2.18. The summed E-state index contributed by atoms with van der Waals surface area (Å²) in [7, 11) is 1.71. The Kier molecular flexibility index (Phi) is 8.06. The number of hydrogen-bond donors (Lipinski definition) is 1. The molecule has 1 saturated carbocycles. The summed E-state index contributed by atoms with van der Waals surface area (Å²) in [5.41, 5.74) is 0. The maximum absolute atomic E-state index is 12.1. The fraction of sp³-hybridized carbons (Fsp3) is 0.579. The lowest BCUT2D eigenvalue weighted by molar-refractivity contribution is -0.132. The van der Waals surface area contributed by atoms with Crippen LogP contribution in [0.3, 0.4) is 0 Å². The van der Waals surface area contributed by atoms with Gasteiger partial charge in [-0.1, -0.05) is 36.9 Å². The molecule has 1 aromatic rings. The van der Waals surface area contributed by atoms with E-state index < -0.39 is 0 Å². The number of carbonyl (C=O) groups excluding carboxylic acids is 2. The SMILES string of the molecule is CN(CCOc1cccc(Cl)c1)C(=O)CNC(=O)CC1CCCCC1. The van der Waals surface area contributed by atoms with E-state index in [0.717, 1.165) is 12.8 Å². The number of ether oxygens (including phenoxy) is 1. The predicted molar refractivity (Wildman–Crippen MR) is 98.8 cm³/mol. The van der Waals surface area contributed by atoms with Crippen molar-refractivity contribution in [3.63, 3.8) is 0 Å². The minimum absolute atomic E-state index is 0.0242. The maximum atomic E-state index is 12.1. The maximum Gasteiger partial charge on any atom is 0.241 e. The Balaban J connectivity index is 1.61. The van der Waals surface area contributed by atoms with E-state index in [0.29, 0.717) is 36.3 Å². The van der Waals surface area contributed by atoms with E-state index in [1.54, 1.807) is 24.1 Å². The molecule has 0 bridgehead atoms.